The fourth-order valence-corrected chi connectivity index (χ4v) is 5.40. The van der Waals surface area contributed by atoms with Crippen molar-refractivity contribution in [1.82, 2.24) is 14.6 Å². The van der Waals surface area contributed by atoms with Crippen molar-refractivity contribution in [2.75, 3.05) is 13.1 Å². The molecule has 0 atom stereocenters. The van der Waals surface area contributed by atoms with Gasteiger partial charge in [0.1, 0.15) is 0 Å². The van der Waals surface area contributed by atoms with Crippen LogP contribution in [0.15, 0.2) is 34.5 Å². The van der Waals surface area contributed by atoms with Crippen LogP contribution >= 0.6 is 11.3 Å². The first-order valence-electron chi connectivity index (χ1n) is 9.60. The molecule has 0 unspecified atom stereocenters. The predicted molar refractivity (Wildman–Crippen MR) is 111 cm³/mol. The molecule has 0 radical (unpaired) electrons. The highest BCUT2D eigenvalue weighted by atomic mass is 32.2. The van der Waals surface area contributed by atoms with E-state index in [9.17, 15) is 13.2 Å². The van der Waals surface area contributed by atoms with Crippen molar-refractivity contribution in [3.05, 3.63) is 45.9 Å². The summed E-state index contributed by atoms with van der Waals surface area (Å²) in [5, 5.41) is 5.84. The molecule has 6 nitrogen and oxygen atoms in total. The third kappa shape index (κ3) is 4.79. The molecule has 0 bridgehead atoms. The van der Waals surface area contributed by atoms with Crippen LogP contribution in [0, 0.1) is 5.92 Å². The molecule has 2 aromatic rings. The highest BCUT2D eigenvalue weighted by Gasteiger charge is 2.28. The normalized spacial score (nSPS) is 16.4. The third-order valence-electron chi connectivity index (χ3n) is 4.99. The van der Waals surface area contributed by atoms with Crippen LogP contribution in [-0.2, 0) is 16.6 Å². The smallest absolute Gasteiger partial charge is 0.251 e. The van der Waals surface area contributed by atoms with E-state index in [1.54, 1.807) is 23.5 Å². The standard InChI is InChI=1S/C20H27N3O3S2/c1-14(2)20-22-17(13-27-20)12-21-19(24)16-4-6-18(7-5-16)28(25,26)23-10-8-15(3)9-11-23/h4-7,13-15H,8-12H2,1-3H3,(H,21,24). The number of carbonyl (C=O) groups excluding carboxylic acids is 1. The lowest BCUT2D eigenvalue weighted by atomic mass is 10.0. The molecule has 3 rings (SSSR count). The second kappa shape index (κ2) is 8.71. The molecule has 1 saturated heterocycles. The van der Waals surface area contributed by atoms with E-state index in [1.807, 2.05) is 5.38 Å². The van der Waals surface area contributed by atoms with Crippen molar-refractivity contribution in [3.8, 4) is 0 Å². The van der Waals surface area contributed by atoms with Gasteiger partial charge in [-0.2, -0.15) is 4.31 Å². The van der Waals surface area contributed by atoms with Gasteiger partial charge in [0, 0.05) is 30.0 Å². The van der Waals surface area contributed by atoms with Gasteiger partial charge in [-0.3, -0.25) is 4.79 Å². The average Bonchev–Trinajstić information content (AvgIpc) is 3.16. The number of rotatable bonds is 6. The van der Waals surface area contributed by atoms with E-state index in [2.05, 4.69) is 31.1 Å². The van der Waals surface area contributed by atoms with E-state index < -0.39 is 10.0 Å². The number of benzene rings is 1. The molecule has 1 aromatic heterocycles. The summed E-state index contributed by atoms with van der Waals surface area (Å²) < 4.78 is 27.1. The summed E-state index contributed by atoms with van der Waals surface area (Å²) >= 11 is 1.59. The van der Waals surface area contributed by atoms with Crippen molar-refractivity contribution in [3.63, 3.8) is 0 Å². The first kappa shape index (κ1) is 21.0. The van der Waals surface area contributed by atoms with Crippen molar-refractivity contribution in [2.24, 2.45) is 5.92 Å². The summed E-state index contributed by atoms with van der Waals surface area (Å²) in [5.74, 6) is 0.689. The van der Waals surface area contributed by atoms with Crippen molar-refractivity contribution in [1.29, 1.82) is 0 Å². The summed E-state index contributed by atoms with van der Waals surface area (Å²) in [7, 11) is -3.50. The maximum Gasteiger partial charge on any atom is 0.251 e. The van der Waals surface area contributed by atoms with Crippen LogP contribution in [0.4, 0.5) is 0 Å². The Morgan fingerprint density at radius 3 is 2.46 bits per heavy atom. The Labute approximate surface area is 171 Å². The lowest BCUT2D eigenvalue weighted by Crippen LogP contribution is -2.37. The van der Waals surface area contributed by atoms with Gasteiger partial charge >= 0.3 is 0 Å². The Hall–Kier alpha value is -1.77. The first-order valence-corrected chi connectivity index (χ1v) is 11.9. The maximum atomic E-state index is 12.8. The van der Waals surface area contributed by atoms with E-state index in [1.165, 1.54) is 16.4 Å². The van der Waals surface area contributed by atoms with Crippen LogP contribution in [-0.4, -0.2) is 36.7 Å². The molecule has 28 heavy (non-hydrogen) atoms. The quantitative estimate of drug-likeness (QED) is 0.773. The molecule has 1 amide bonds. The summed E-state index contributed by atoms with van der Waals surface area (Å²) in [5.41, 5.74) is 1.27. The van der Waals surface area contributed by atoms with Crippen molar-refractivity contribution >= 4 is 27.3 Å². The average molecular weight is 422 g/mol. The minimum Gasteiger partial charge on any atom is -0.346 e. The lowest BCUT2D eigenvalue weighted by Gasteiger charge is -2.29. The summed E-state index contributed by atoms with van der Waals surface area (Å²) in [4.78, 5) is 17.1. The molecule has 1 N–H and O–H groups in total. The summed E-state index contributed by atoms with van der Waals surface area (Å²) in [6.07, 6.45) is 1.77. The minimum absolute atomic E-state index is 0.236. The molecule has 152 valence electrons. The van der Waals surface area contributed by atoms with Gasteiger partial charge in [0.15, 0.2) is 0 Å². The molecule has 1 aliphatic rings. The molecule has 0 spiro atoms. The molecule has 1 fully saturated rings. The number of nitrogens with zero attached hydrogens (tertiary/aromatic N) is 2. The second-order valence-electron chi connectivity index (χ2n) is 7.63. The summed E-state index contributed by atoms with van der Waals surface area (Å²) in [6.45, 7) is 7.78. The number of hydrogen-bond acceptors (Lipinski definition) is 5. The molecule has 1 aromatic carbocycles. The molecular weight excluding hydrogens is 394 g/mol. The number of nitrogens with one attached hydrogen (secondary N) is 1. The van der Waals surface area contributed by atoms with Crippen molar-refractivity contribution in [2.45, 2.75) is 51.0 Å². The van der Waals surface area contributed by atoms with Gasteiger partial charge in [-0.1, -0.05) is 20.8 Å². The molecular formula is C20H27N3O3S2. The third-order valence-corrected chi connectivity index (χ3v) is 8.10. The number of sulfonamides is 1. The van der Waals surface area contributed by atoms with E-state index in [0.29, 0.717) is 37.0 Å². The van der Waals surface area contributed by atoms with Crippen LogP contribution in [0.2, 0.25) is 0 Å². The van der Waals surface area contributed by atoms with E-state index >= 15 is 0 Å². The Bertz CT molecular complexity index is 912. The topological polar surface area (TPSA) is 79.4 Å². The summed E-state index contributed by atoms with van der Waals surface area (Å²) in [6, 6.07) is 6.16. The van der Waals surface area contributed by atoms with E-state index in [0.717, 1.165) is 23.5 Å². The Morgan fingerprint density at radius 1 is 1.25 bits per heavy atom. The Morgan fingerprint density at radius 2 is 1.89 bits per heavy atom. The van der Waals surface area contributed by atoms with E-state index in [-0.39, 0.29) is 10.8 Å². The fraction of sp³-hybridized carbons (Fsp3) is 0.500. The first-order chi connectivity index (χ1) is 13.3. The number of carbonyl (C=O) groups is 1. The number of piperidine rings is 1. The van der Waals surface area contributed by atoms with Crippen LogP contribution < -0.4 is 5.32 Å². The number of amides is 1. The largest absolute Gasteiger partial charge is 0.346 e. The molecule has 0 saturated carbocycles. The van der Waals surface area contributed by atoms with Gasteiger partial charge in [-0.25, -0.2) is 13.4 Å². The lowest BCUT2D eigenvalue weighted by molar-refractivity contribution is 0.0950. The fourth-order valence-electron chi connectivity index (χ4n) is 3.09. The van der Waals surface area contributed by atoms with Gasteiger partial charge in [0.05, 0.1) is 22.1 Å². The van der Waals surface area contributed by atoms with Gasteiger partial charge < -0.3 is 5.32 Å². The zero-order valence-electron chi connectivity index (χ0n) is 16.5. The molecule has 2 heterocycles. The zero-order valence-corrected chi connectivity index (χ0v) is 18.1. The van der Waals surface area contributed by atoms with Crippen LogP contribution in [0.3, 0.4) is 0 Å². The number of thiazole rings is 1. The second-order valence-corrected chi connectivity index (χ2v) is 10.5. The highest BCUT2D eigenvalue weighted by Crippen LogP contribution is 2.24. The zero-order chi connectivity index (χ0) is 20.3. The molecule has 1 aliphatic heterocycles. The molecule has 0 aliphatic carbocycles. The van der Waals surface area contributed by atoms with Crippen LogP contribution in [0.25, 0.3) is 0 Å². The minimum atomic E-state index is -3.50. The van der Waals surface area contributed by atoms with Crippen LogP contribution in [0.5, 0.6) is 0 Å². The van der Waals surface area contributed by atoms with Gasteiger partial charge in [0.25, 0.3) is 5.91 Å². The Balaban J connectivity index is 1.62. The maximum absolute atomic E-state index is 12.8. The van der Waals surface area contributed by atoms with Gasteiger partial charge in [-0.15, -0.1) is 11.3 Å². The van der Waals surface area contributed by atoms with Crippen LogP contribution in [0.1, 0.15) is 60.6 Å². The monoisotopic (exact) mass is 421 g/mol. The van der Waals surface area contributed by atoms with Crippen molar-refractivity contribution < 1.29 is 13.2 Å². The SMILES string of the molecule is CC1CCN(S(=O)(=O)c2ccc(C(=O)NCc3csc(C(C)C)n3)cc2)CC1. The highest BCUT2D eigenvalue weighted by molar-refractivity contribution is 7.89. The van der Waals surface area contributed by atoms with Gasteiger partial charge in [0.2, 0.25) is 10.0 Å². The number of hydrogen-bond donors (Lipinski definition) is 1. The van der Waals surface area contributed by atoms with E-state index in [4.69, 9.17) is 0 Å². The molecule has 8 heteroatoms. The van der Waals surface area contributed by atoms with Gasteiger partial charge in [-0.05, 0) is 43.0 Å². The predicted octanol–water partition coefficient (Wildman–Crippen LogP) is 3.62. The Kier molecular flexibility index (Phi) is 6.52. The number of aromatic nitrogens is 1.